The second kappa shape index (κ2) is 5.07. The van der Waals surface area contributed by atoms with Crippen molar-refractivity contribution in [3.05, 3.63) is 47.7 Å². The van der Waals surface area contributed by atoms with E-state index in [2.05, 4.69) is 10.6 Å². The van der Waals surface area contributed by atoms with Crippen molar-refractivity contribution in [2.24, 2.45) is 0 Å². The van der Waals surface area contributed by atoms with Gasteiger partial charge in [0.1, 0.15) is 11.5 Å². The molecule has 1 amide bonds. The molecular weight excluding hydrogens is 276 g/mol. The second-order valence-electron chi connectivity index (χ2n) is 4.46. The Morgan fingerprint density at radius 1 is 1.30 bits per heavy atom. The van der Waals surface area contributed by atoms with Crippen LogP contribution in [0.25, 0.3) is 11.3 Å². The minimum atomic E-state index is -0.586. The molecule has 1 aromatic carbocycles. The number of furan rings is 1. The lowest BCUT2D eigenvalue weighted by Crippen LogP contribution is -2.21. The molecule has 1 aromatic heterocycles. The van der Waals surface area contributed by atoms with Crippen LogP contribution in [0.1, 0.15) is 17.4 Å². The van der Waals surface area contributed by atoms with Crippen molar-refractivity contribution in [1.82, 2.24) is 10.6 Å². The normalized spacial score (nSPS) is 17.9. The summed E-state index contributed by atoms with van der Waals surface area (Å²) in [6, 6.07) is 10.4. The third-order valence-corrected chi connectivity index (χ3v) is 3.30. The van der Waals surface area contributed by atoms with Gasteiger partial charge in [-0.2, -0.15) is 0 Å². The van der Waals surface area contributed by atoms with Crippen LogP contribution in [0.15, 0.2) is 40.8 Å². The highest BCUT2D eigenvalue weighted by molar-refractivity contribution is 7.80. The van der Waals surface area contributed by atoms with Gasteiger partial charge in [0.2, 0.25) is 0 Å². The predicted octanol–water partition coefficient (Wildman–Crippen LogP) is 1.48. The SMILES string of the molecule is O=C1NC(=S)NC1c1ccc(-c2cccc(CO)c2)o1. The zero-order chi connectivity index (χ0) is 14.1. The van der Waals surface area contributed by atoms with Gasteiger partial charge in [-0.15, -0.1) is 0 Å². The van der Waals surface area contributed by atoms with Gasteiger partial charge in [-0.1, -0.05) is 18.2 Å². The molecule has 102 valence electrons. The largest absolute Gasteiger partial charge is 0.458 e. The molecule has 3 rings (SSSR count). The van der Waals surface area contributed by atoms with Crippen molar-refractivity contribution in [3.8, 4) is 11.3 Å². The number of rotatable bonds is 3. The molecule has 6 heteroatoms. The molecule has 5 nitrogen and oxygen atoms in total. The lowest BCUT2D eigenvalue weighted by Gasteiger charge is -2.04. The van der Waals surface area contributed by atoms with E-state index < -0.39 is 6.04 Å². The summed E-state index contributed by atoms with van der Waals surface area (Å²) in [5.74, 6) is 0.925. The molecule has 1 unspecified atom stereocenters. The Bertz CT molecular complexity index is 681. The van der Waals surface area contributed by atoms with Gasteiger partial charge in [0.15, 0.2) is 11.2 Å². The Morgan fingerprint density at radius 2 is 2.15 bits per heavy atom. The Kier molecular flexibility index (Phi) is 3.25. The Balaban J connectivity index is 1.90. The number of hydrogen-bond donors (Lipinski definition) is 3. The molecule has 0 saturated carbocycles. The first-order chi connectivity index (χ1) is 9.67. The maximum Gasteiger partial charge on any atom is 0.256 e. The number of amides is 1. The Labute approximate surface area is 120 Å². The minimum absolute atomic E-state index is 0.0255. The van der Waals surface area contributed by atoms with E-state index in [0.717, 1.165) is 11.1 Å². The van der Waals surface area contributed by atoms with E-state index in [1.807, 2.05) is 24.3 Å². The molecule has 2 aromatic rings. The van der Waals surface area contributed by atoms with Crippen molar-refractivity contribution in [3.63, 3.8) is 0 Å². The van der Waals surface area contributed by atoms with Crippen LogP contribution in [-0.2, 0) is 11.4 Å². The van der Waals surface area contributed by atoms with Crippen LogP contribution >= 0.6 is 12.2 Å². The van der Waals surface area contributed by atoms with E-state index >= 15 is 0 Å². The number of aliphatic hydroxyl groups excluding tert-OH is 1. The molecule has 0 bridgehead atoms. The van der Waals surface area contributed by atoms with Crippen molar-refractivity contribution in [2.75, 3.05) is 0 Å². The van der Waals surface area contributed by atoms with Crippen molar-refractivity contribution < 1.29 is 14.3 Å². The highest BCUT2D eigenvalue weighted by atomic mass is 32.1. The summed E-state index contributed by atoms with van der Waals surface area (Å²) in [7, 11) is 0. The second-order valence-corrected chi connectivity index (χ2v) is 4.86. The van der Waals surface area contributed by atoms with Crippen LogP contribution in [0.3, 0.4) is 0 Å². The number of benzene rings is 1. The van der Waals surface area contributed by atoms with Crippen LogP contribution in [0.5, 0.6) is 0 Å². The number of aliphatic hydroxyl groups is 1. The summed E-state index contributed by atoms with van der Waals surface area (Å²) in [5.41, 5.74) is 1.65. The molecule has 1 aliphatic heterocycles. The highest BCUT2D eigenvalue weighted by Gasteiger charge is 2.31. The molecule has 1 fully saturated rings. The molecule has 3 N–H and O–H groups in total. The number of hydrogen-bond acceptors (Lipinski definition) is 4. The first-order valence-corrected chi connectivity index (χ1v) is 6.49. The molecule has 0 radical (unpaired) electrons. The molecule has 20 heavy (non-hydrogen) atoms. The zero-order valence-electron chi connectivity index (χ0n) is 10.4. The molecule has 0 aliphatic carbocycles. The Morgan fingerprint density at radius 3 is 2.85 bits per heavy atom. The van der Waals surface area contributed by atoms with Crippen LogP contribution in [0.4, 0.5) is 0 Å². The molecule has 1 saturated heterocycles. The summed E-state index contributed by atoms with van der Waals surface area (Å²) < 4.78 is 5.71. The summed E-state index contributed by atoms with van der Waals surface area (Å²) in [6.45, 7) is -0.0255. The topological polar surface area (TPSA) is 74.5 Å². The summed E-state index contributed by atoms with van der Waals surface area (Å²) >= 11 is 4.89. The first kappa shape index (κ1) is 12.8. The quantitative estimate of drug-likeness (QED) is 0.746. The van der Waals surface area contributed by atoms with Gasteiger partial charge in [0.25, 0.3) is 5.91 Å². The molecule has 2 heterocycles. The number of carbonyl (C=O) groups is 1. The average Bonchev–Trinajstić information content (AvgIpc) is 3.05. The van der Waals surface area contributed by atoms with Crippen LogP contribution < -0.4 is 10.6 Å². The van der Waals surface area contributed by atoms with E-state index in [0.29, 0.717) is 16.6 Å². The van der Waals surface area contributed by atoms with Crippen molar-refractivity contribution >= 4 is 23.2 Å². The third kappa shape index (κ3) is 2.31. The van der Waals surface area contributed by atoms with E-state index in [9.17, 15) is 4.79 Å². The monoisotopic (exact) mass is 288 g/mol. The summed E-state index contributed by atoms with van der Waals surface area (Å²) in [4.78, 5) is 11.7. The number of nitrogens with one attached hydrogen (secondary N) is 2. The zero-order valence-corrected chi connectivity index (χ0v) is 11.2. The van der Waals surface area contributed by atoms with E-state index in [1.165, 1.54) is 0 Å². The predicted molar refractivity (Wildman–Crippen MR) is 76.7 cm³/mol. The molecular formula is C14H12N2O3S. The van der Waals surface area contributed by atoms with Gasteiger partial charge in [-0.3, -0.25) is 4.79 Å². The fourth-order valence-electron chi connectivity index (χ4n) is 2.10. The van der Waals surface area contributed by atoms with E-state index in [-0.39, 0.29) is 12.5 Å². The van der Waals surface area contributed by atoms with E-state index in [1.54, 1.807) is 12.1 Å². The lowest BCUT2D eigenvalue weighted by atomic mass is 10.1. The third-order valence-electron chi connectivity index (χ3n) is 3.08. The average molecular weight is 288 g/mol. The minimum Gasteiger partial charge on any atom is -0.458 e. The Hall–Kier alpha value is -2.18. The van der Waals surface area contributed by atoms with E-state index in [4.69, 9.17) is 21.7 Å². The summed E-state index contributed by atoms with van der Waals surface area (Å²) in [5, 5.41) is 14.8. The molecule has 1 aliphatic rings. The van der Waals surface area contributed by atoms with Crippen LogP contribution in [0.2, 0.25) is 0 Å². The fourth-order valence-corrected chi connectivity index (χ4v) is 2.32. The first-order valence-electron chi connectivity index (χ1n) is 6.08. The van der Waals surface area contributed by atoms with Gasteiger partial charge < -0.3 is 20.2 Å². The smallest absolute Gasteiger partial charge is 0.256 e. The molecule has 0 spiro atoms. The lowest BCUT2D eigenvalue weighted by molar-refractivity contribution is -0.120. The van der Waals surface area contributed by atoms with Gasteiger partial charge in [-0.25, -0.2) is 0 Å². The maximum atomic E-state index is 11.7. The molecule has 1 atom stereocenters. The highest BCUT2D eigenvalue weighted by Crippen LogP contribution is 2.27. The van der Waals surface area contributed by atoms with Gasteiger partial charge in [-0.05, 0) is 36.0 Å². The number of thiocarbonyl (C=S) groups is 1. The van der Waals surface area contributed by atoms with Crippen molar-refractivity contribution in [2.45, 2.75) is 12.6 Å². The van der Waals surface area contributed by atoms with Crippen LogP contribution in [-0.4, -0.2) is 16.1 Å². The van der Waals surface area contributed by atoms with Crippen molar-refractivity contribution in [1.29, 1.82) is 0 Å². The van der Waals surface area contributed by atoms with Gasteiger partial charge >= 0.3 is 0 Å². The standard InChI is InChI=1S/C14H12N2O3S/c17-7-8-2-1-3-9(6-8)10-4-5-11(19-10)12-13(18)16-14(20)15-12/h1-6,12,17H,7H2,(H2,15,16,18,20). The fraction of sp³-hybridized carbons (Fsp3) is 0.143. The van der Waals surface area contributed by atoms with Gasteiger partial charge in [0.05, 0.1) is 6.61 Å². The maximum absolute atomic E-state index is 11.7. The number of carbonyl (C=O) groups excluding carboxylic acids is 1. The summed E-state index contributed by atoms with van der Waals surface area (Å²) in [6.07, 6.45) is 0. The van der Waals surface area contributed by atoms with Crippen LogP contribution in [0, 0.1) is 0 Å². The van der Waals surface area contributed by atoms with Gasteiger partial charge in [0, 0.05) is 5.56 Å².